The van der Waals surface area contributed by atoms with Crippen LogP contribution in [0.4, 0.5) is 21.9 Å². The third-order valence-electron chi connectivity index (χ3n) is 4.55. The number of aliphatic hydroxyl groups is 1. The van der Waals surface area contributed by atoms with Gasteiger partial charge in [0.15, 0.2) is 0 Å². The van der Waals surface area contributed by atoms with Gasteiger partial charge in [0.2, 0.25) is 5.91 Å². The number of anilines is 3. The smallest absolute Gasteiger partial charge is 0.319 e. The van der Waals surface area contributed by atoms with Crippen LogP contribution in [-0.2, 0) is 14.3 Å². The van der Waals surface area contributed by atoms with Crippen molar-refractivity contribution in [1.82, 2.24) is 5.32 Å². The minimum atomic E-state index is -1.16. The minimum Gasteiger partial charge on any atom is -0.394 e. The lowest BCUT2D eigenvalue weighted by Gasteiger charge is -2.27. The van der Waals surface area contributed by atoms with E-state index in [2.05, 4.69) is 21.9 Å². The number of ether oxygens (including phenoxy) is 1. The third kappa shape index (κ3) is 5.82. The van der Waals surface area contributed by atoms with Gasteiger partial charge in [0.25, 0.3) is 5.91 Å². The molecule has 2 aromatic carbocycles. The number of morpholine rings is 1. The highest BCUT2D eigenvalue weighted by Crippen LogP contribution is 2.19. The van der Waals surface area contributed by atoms with Gasteiger partial charge >= 0.3 is 6.03 Å². The SMILES string of the molecule is C#Cc1ccc(NC(=O)NC(CO)C(=O)Nc2ccc(N3CCOCC3=O)cc2)cc1. The average molecular weight is 422 g/mol. The Labute approximate surface area is 179 Å². The van der Waals surface area contributed by atoms with Crippen molar-refractivity contribution in [3.8, 4) is 12.3 Å². The summed E-state index contributed by atoms with van der Waals surface area (Å²) in [7, 11) is 0. The summed E-state index contributed by atoms with van der Waals surface area (Å²) in [4.78, 5) is 38.1. The van der Waals surface area contributed by atoms with E-state index in [0.717, 1.165) is 0 Å². The Morgan fingerprint density at radius 1 is 1.10 bits per heavy atom. The van der Waals surface area contributed by atoms with Crippen LogP contribution in [0.5, 0.6) is 0 Å². The summed E-state index contributed by atoms with van der Waals surface area (Å²) >= 11 is 0. The van der Waals surface area contributed by atoms with E-state index in [-0.39, 0.29) is 12.5 Å². The molecule has 9 heteroatoms. The molecule has 3 rings (SSSR count). The molecule has 31 heavy (non-hydrogen) atoms. The number of benzene rings is 2. The maximum atomic E-state index is 12.4. The van der Waals surface area contributed by atoms with E-state index in [4.69, 9.17) is 11.2 Å². The zero-order valence-electron chi connectivity index (χ0n) is 16.6. The Morgan fingerprint density at radius 2 is 1.74 bits per heavy atom. The fourth-order valence-corrected chi connectivity index (χ4v) is 2.91. The van der Waals surface area contributed by atoms with Gasteiger partial charge in [-0.1, -0.05) is 5.92 Å². The second-order valence-electron chi connectivity index (χ2n) is 6.69. The van der Waals surface area contributed by atoms with E-state index in [1.165, 1.54) is 0 Å². The van der Waals surface area contributed by atoms with Crippen LogP contribution in [0.2, 0.25) is 0 Å². The molecule has 9 nitrogen and oxygen atoms in total. The molecule has 160 valence electrons. The number of carbonyl (C=O) groups is 3. The van der Waals surface area contributed by atoms with Crippen molar-refractivity contribution >= 4 is 34.9 Å². The van der Waals surface area contributed by atoms with E-state index in [1.807, 2.05) is 0 Å². The van der Waals surface area contributed by atoms with E-state index in [1.54, 1.807) is 53.4 Å². The van der Waals surface area contributed by atoms with Crippen LogP contribution in [0.25, 0.3) is 0 Å². The molecule has 0 bridgehead atoms. The molecular weight excluding hydrogens is 400 g/mol. The monoisotopic (exact) mass is 422 g/mol. The average Bonchev–Trinajstić information content (AvgIpc) is 2.79. The van der Waals surface area contributed by atoms with Crippen molar-refractivity contribution in [2.75, 3.05) is 41.9 Å². The standard InChI is InChI=1S/C22H22N4O5/c1-2-15-3-5-17(6-4-15)24-22(30)25-19(13-27)21(29)23-16-7-9-18(10-8-16)26-11-12-31-14-20(26)28/h1,3-10,19,27H,11-14H2,(H,23,29)(H2,24,25,30). The first-order valence-corrected chi connectivity index (χ1v) is 9.54. The van der Waals surface area contributed by atoms with Gasteiger partial charge in [0.1, 0.15) is 12.6 Å². The number of amides is 4. The fourth-order valence-electron chi connectivity index (χ4n) is 2.91. The minimum absolute atomic E-state index is 0.0401. The number of aliphatic hydroxyl groups excluding tert-OH is 1. The zero-order chi connectivity index (χ0) is 22.2. The molecule has 1 atom stereocenters. The predicted molar refractivity (Wildman–Crippen MR) is 116 cm³/mol. The van der Waals surface area contributed by atoms with Crippen LogP contribution >= 0.6 is 0 Å². The molecule has 0 spiro atoms. The largest absolute Gasteiger partial charge is 0.394 e. The van der Waals surface area contributed by atoms with Crippen molar-refractivity contribution in [2.45, 2.75) is 6.04 Å². The highest BCUT2D eigenvalue weighted by molar-refractivity contribution is 6.00. The lowest BCUT2D eigenvalue weighted by atomic mass is 10.2. The molecule has 1 unspecified atom stereocenters. The van der Waals surface area contributed by atoms with Crippen LogP contribution in [0.15, 0.2) is 48.5 Å². The van der Waals surface area contributed by atoms with Gasteiger partial charge in [0.05, 0.1) is 13.2 Å². The summed E-state index contributed by atoms with van der Waals surface area (Å²) in [5.74, 6) is 1.75. The van der Waals surface area contributed by atoms with E-state index in [0.29, 0.717) is 35.8 Å². The molecule has 0 saturated carbocycles. The Bertz CT molecular complexity index is 982. The van der Waals surface area contributed by atoms with Crippen molar-refractivity contribution < 1.29 is 24.2 Å². The number of nitrogens with zero attached hydrogens (tertiary/aromatic N) is 1. The Kier molecular flexibility index (Phi) is 7.22. The summed E-state index contributed by atoms with van der Waals surface area (Å²) < 4.78 is 5.11. The molecule has 1 aliphatic rings. The summed E-state index contributed by atoms with van der Waals surface area (Å²) in [6, 6.07) is 11.5. The van der Waals surface area contributed by atoms with E-state index < -0.39 is 24.6 Å². The summed E-state index contributed by atoms with van der Waals surface area (Å²) in [6.07, 6.45) is 5.29. The molecule has 4 N–H and O–H groups in total. The quantitative estimate of drug-likeness (QED) is 0.521. The van der Waals surface area contributed by atoms with Crippen molar-refractivity contribution in [2.24, 2.45) is 0 Å². The van der Waals surface area contributed by atoms with Crippen LogP contribution in [0.1, 0.15) is 5.56 Å². The molecule has 0 aromatic heterocycles. The second kappa shape index (κ2) is 10.2. The zero-order valence-corrected chi connectivity index (χ0v) is 16.6. The van der Waals surface area contributed by atoms with Gasteiger partial charge in [-0.25, -0.2) is 4.79 Å². The number of hydrogen-bond donors (Lipinski definition) is 4. The van der Waals surface area contributed by atoms with Crippen molar-refractivity contribution in [1.29, 1.82) is 0 Å². The van der Waals surface area contributed by atoms with E-state index >= 15 is 0 Å². The van der Waals surface area contributed by atoms with Crippen molar-refractivity contribution in [3.63, 3.8) is 0 Å². The van der Waals surface area contributed by atoms with Crippen LogP contribution in [0.3, 0.4) is 0 Å². The number of terminal acetylenes is 1. The Balaban J connectivity index is 1.55. The second-order valence-corrected chi connectivity index (χ2v) is 6.69. The number of urea groups is 1. The molecule has 2 aromatic rings. The summed E-state index contributed by atoms with van der Waals surface area (Å²) in [5, 5.41) is 17.1. The van der Waals surface area contributed by atoms with Crippen LogP contribution in [-0.4, -0.2) is 55.4 Å². The third-order valence-corrected chi connectivity index (χ3v) is 4.55. The van der Waals surface area contributed by atoms with Crippen molar-refractivity contribution in [3.05, 3.63) is 54.1 Å². The molecule has 1 heterocycles. The van der Waals surface area contributed by atoms with Gasteiger partial charge in [0, 0.05) is 29.2 Å². The number of carbonyl (C=O) groups excluding carboxylic acids is 3. The molecule has 0 radical (unpaired) electrons. The molecule has 4 amide bonds. The molecule has 0 aliphatic carbocycles. The predicted octanol–water partition coefficient (Wildman–Crippen LogP) is 1.15. The maximum absolute atomic E-state index is 12.4. The normalized spacial score (nSPS) is 14.3. The first-order chi connectivity index (χ1) is 15.0. The number of hydrogen-bond acceptors (Lipinski definition) is 5. The van der Waals surface area contributed by atoms with Gasteiger partial charge in [-0.05, 0) is 48.5 Å². The Morgan fingerprint density at radius 3 is 2.35 bits per heavy atom. The molecular formula is C22H22N4O5. The molecule has 1 saturated heterocycles. The lowest BCUT2D eigenvalue weighted by molar-refractivity contribution is -0.125. The molecule has 1 fully saturated rings. The van der Waals surface area contributed by atoms with E-state index in [9.17, 15) is 19.5 Å². The fraction of sp³-hybridized carbons (Fsp3) is 0.227. The first-order valence-electron chi connectivity index (χ1n) is 9.54. The van der Waals surface area contributed by atoms with Gasteiger partial charge in [-0.15, -0.1) is 6.42 Å². The number of rotatable bonds is 6. The maximum Gasteiger partial charge on any atom is 0.319 e. The summed E-state index contributed by atoms with van der Waals surface area (Å²) in [5.41, 5.74) is 2.31. The first kappa shape index (κ1) is 21.8. The summed E-state index contributed by atoms with van der Waals surface area (Å²) in [6.45, 7) is 0.375. The van der Waals surface area contributed by atoms with Gasteiger partial charge < -0.3 is 30.7 Å². The molecule has 1 aliphatic heterocycles. The van der Waals surface area contributed by atoms with Gasteiger partial charge in [-0.2, -0.15) is 0 Å². The lowest BCUT2D eigenvalue weighted by Crippen LogP contribution is -2.47. The highest BCUT2D eigenvalue weighted by Gasteiger charge is 2.22. The highest BCUT2D eigenvalue weighted by atomic mass is 16.5. The van der Waals surface area contributed by atoms with Gasteiger partial charge in [-0.3, -0.25) is 9.59 Å². The Hall–Kier alpha value is -3.87. The number of nitrogens with one attached hydrogen (secondary N) is 3. The topological polar surface area (TPSA) is 120 Å². The van der Waals surface area contributed by atoms with Crippen LogP contribution < -0.4 is 20.9 Å². The van der Waals surface area contributed by atoms with Crippen LogP contribution in [0, 0.1) is 12.3 Å².